The zero-order chi connectivity index (χ0) is 6.85. The number of amides is 1. The quantitative estimate of drug-likeness (QED) is 0.523. The van der Waals surface area contributed by atoms with Gasteiger partial charge in [-0.3, -0.25) is 0 Å². The van der Waals surface area contributed by atoms with Gasteiger partial charge in [-0.15, -0.1) is 0 Å². The van der Waals surface area contributed by atoms with Crippen molar-refractivity contribution in [1.29, 1.82) is 0 Å². The molecule has 1 atom stereocenters. The average Bonchev–Trinajstić information content (AvgIpc) is 2.14. The van der Waals surface area contributed by atoms with E-state index in [1.54, 1.807) is 0 Å². The lowest BCUT2D eigenvalue weighted by molar-refractivity contribution is 0.175. The van der Waals surface area contributed by atoms with Gasteiger partial charge in [-0.05, 0) is 5.92 Å². The molecule has 1 amide bonds. The second-order valence-corrected chi connectivity index (χ2v) is 2.52. The van der Waals surface area contributed by atoms with Gasteiger partial charge in [-0.25, -0.2) is 10.1 Å². The molecule has 3 heteroatoms. The van der Waals surface area contributed by atoms with Crippen molar-refractivity contribution in [1.82, 2.24) is 5.32 Å². The topological polar surface area (TPSA) is 40.4 Å². The molecule has 3 nitrogen and oxygen atoms in total. The summed E-state index contributed by atoms with van der Waals surface area (Å²) in [5, 5.41) is 3.73. The molecular weight excluding hydrogens is 118 g/mol. The van der Waals surface area contributed by atoms with Gasteiger partial charge in [0.25, 0.3) is 0 Å². The summed E-state index contributed by atoms with van der Waals surface area (Å²) < 4.78 is 4.62. The minimum absolute atomic E-state index is 0.0949. The molecule has 0 unspecified atom stereocenters. The van der Waals surface area contributed by atoms with E-state index in [9.17, 15) is 4.79 Å². The highest BCUT2D eigenvalue weighted by atomic mass is 16.6. The van der Waals surface area contributed by atoms with Crippen molar-refractivity contribution >= 4 is 6.09 Å². The molecule has 0 aromatic heterocycles. The van der Waals surface area contributed by atoms with Crippen molar-refractivity contribution in [2.45, 2.75) is 19.9 Å². The first-order valence-electron chi connectivity index (χ1n) is 3.08. The van der Waals surface area contributed by atoms with Gasteiger partial charge in [0.05, 0.1) is 6.04 Å². The fourth-order valence-corrected chi connectivity index (χ4v) is 0.708. The second-order valence-electron chi connectivity index (χ2n) is 2.52. The predicted octanol–water partition coefficient (Wildman–Crippen LogP) is 0.766. The van der Waals surface area contributed by atoms with E-state index in [2.05, 4.69) is 10.1 Å². The number of carbonyl (C=O) groups excluding carboxylic acids is 1. The Morgan fingerprint density at radius 2 is 2.44 bits per heavy atom. The summed E-state index contributed by atoms with van der Waals surface area (Å²) in [4.78, 5) is 10.4. The summed E-state index contributed by atoms with van der Waals surface area (Å²) in [6.45, 7) is 4.52. The molecule has 0 N–H and O–H groups in total. The first-order valence-corrected chi connectivity index (χ1v) is 3.08. The number of nitrogens with zero attached hydrogens (tertiary/aromatic N) is 1. The molecule has 51 valence electrons. The fraction of sp³-hybridized carbons (Fsp3) is 0.833. The largest absolute Gasteiger partial charge is 0.446 e. The van der Waals surface area contributed by atoms with Crippen LogP contribution in [0.15, 0.2) is 0 Å². The molecule has 1 fully saturated rings. The van der Waals surface area contributed by atoms with Crippen molar-refractivity contribution in [2.75, 3.05) is 6.61 Å². The zero-order valence-corrected chi connectivity index (χ0v) is 5.63. The molecule has 1 aliphatic rings. The van der Waals surface area contributed by atoms with Crippen LogP contribution < -0.4 is 5.32 Å². The lowest BCUT2D eigenvalue weighted by atomic mass is 10.1. The number of hydrogen-bond donors (Lipinski definition) is 0. The Kier molecular flexibility index (Phi) is 1.60. The van der Waals surface area contributed by atoms with Crippen LogP contribution in [-0.4, -0.2) is 18.7 Å². The molecule has 0 spiro atoms. The third-order valence-electron chi connectivity index (χ3n) is 1.42. The molecule has 1 saturated heterocycles. The van der Waals surface area contributed by atoms with Crippen molar-refractivity contribution in [2.24, 2.45) is 5.92 Å². The van der Waals surface area contributed by atoms with Gasteiger partial charge in [0, 0.05) is 0 Å². The molecular formula is C6H10NO2. The second kappa shape index (κ2) is 2.25. The monoisotopic (exact) mass is 128 g/mol. The van der Waals surface area contributed by atoms with Crippen LogP contribution in [0.1, 0.15) is 13.8 Å². The normalized spacial score (nSPS) is 26.1. The van der Waals surface area contributed by atoms with E-state index in [4.69, 9.17) is 0 Å². The number of cyclic esters (lactones) is 1. The summed E-state index contributed by atoms with van der Waals surface area (Å²) in [5.74, 6) is 0.413. The summed E-state index contributed by atoms with van der Waals surface area (Å²) in [6.07, 6.45) is -0.409. The first-order chi connectivity index (χ1) is 4.20. The highest BCUT2D eigenvalue weighted by molar-refractivity contribution is 5.69. The van der Waals surface area contributed by atoms with Crippen LogP contribution in [0.3, 0.4) is 0 Å². The van der Waals surface area contributed by atoms with E-state index >= 15 is 0 Å². The number of carbonyl (C=O) groups is 1. The Bertz CT molecular complexity index is 122. The Balaban J connectivity index is 2.39. The smallest absolute Gasteiger partial charge is 0.429 e. The molecule has 0 aromatic carbocycles. The van der Waals surface area contributed by atoms with E-state index in [0.717, 1.165) is 0 Å². The van der Waals surface area contributed by atoms with Crippen molar-refractivity contribution in [3.63, 3.8) is 0 Å². The van der Waals surface area contributed by atoms with Gasteiger partial charge in [0.15, 0.2) is 0 Å². The third-order valence-corrected chi connectivity index (χ3v) is 1.42. The molecule has 1 heterocycles. The first kappa shape index (κ1) is 6.39. The van der Waals surface area contributed by atoms with E-state index < -0.39 is 6.09 Å². The van der Waals surface area contributed by atoms with Crippen molar-refractivity contribution in [3.8, 4) is 0 Å². The van der Waals surface area contributed by atoms with Gasteiger partial charge >= 0.3 is 6.09 Å². The van der Waals surface area contributed by atoms with Gasteiger partial charge in [0.1, 0.15) is 6.61 Å². The molecule has 0 aliphatic carbocycles. The Morgan fingerprint density at radius 1 is 1.78 bits per heavy atom. The minimum atomic E-state index is -0.409. The van der Waals surface area contributed by atoms with Crippen LogP contribution in [0.4, 0.5) is 4.79 Å². The maximum Gasteiger partial charge on any atom is 0.429 e. The van der Waals surface area contributed by atoms with E-state index in [1.807, 2.05) is 13.8 Å². The molecule has 0 bridgehead atoms. The van der Waals surface area contributed by atoms with Gasteiger partial charge in [-0.2, -0.15) is 0 Å². The number of rotatable bonds is 1. The van der Waals surface area contributed by atoms with Gasteiger partial charge in [0.2, 0.25) is 0 Å². The highest BCUT2D eigenvalue weighted by Gasteiger charge is 2.26. The average molecular weight is 128 g/mol. The summed E-state index contributed by atoms with van der Waals surface area (Å²) in [6, 6.07) is 0.0949. The van der Waals surface area contributed by atoms with Crippen molar-refractivity contribution in [3.05, 3.63) is 0 Å². The van der Waals surface area contributed by atoms with Crippen LogP contribution in [0, 0.1) is 5.92 Å². The van der Waals surface area contributed by atoms with Crippen LogP contribution in [0.2, 0.25) is 0 Å². The van der Waals surface area contributed by atoms with E-state index in [-0.39, 0.29) is 6.04 Å². The summed E-state index contributed by atoms with van der Waals surface area (Å²) >= 11 is 0. The Morgan fingerprint density at radius 3 is 2.67 bits per heavy atom. The van der Waals surface area contributed by atoms with Gasteiger partial charge in [-0.1, -0.05) is 13.8 Å². The van der Waals surface area contributed by atoms with Crippen LogP contribution in [0.5, 0.6) is 0 Å². The maximum atomic E-state index is 10.4. The molecule has 1 radical (unpaired) electrons. The molecule has 0 aromatic rings. The molecule has 1 aliphatic heterocycles. The SMILES string of the molecule is CC(C)[C@@H]1COC(=O)[N]1. The fourth-order valence-electron chi connectivity index (χ4n) is 0.708. The standard InChI is InChI=1S/C6H10NO2/c1-4(2)5-3-9-6(8)7-5/h4-5H,3H2,1-2H3/t5-/m0/s1. The van der Waals surface area contributed by atoms with Crippen LogP contribution >= 0.6 is 0 Å². The zero-order valence-electron chi connectivity index (χ0n) is 5.63. The summed E-state index contributed by atoms with van der Waals surface area (Å²) in [5.41, 5.74) is 0. The number of ether oxygens (including phenoxy) is 1. The Hall–Kier alpha value is -0.730. The molecule has 0 saturated carbocycles. The van der Waals surface area contributed by atoms with Crippen LogP contribution in [-0.2, 0) is 4.74 Å². The lowest BCUT2D eigenvalue weighted by Crippen LogP contribution is -2.24. The van der Waals surface area contributed by atoms with E-state index in [1.165, 1.54) is 0 Å². The predicted molar refractivity (Wildman–Crippen MR) is 32.1 cm³/mol. The maximum absolute atomic E-state index is 10.4. The molecule has 9 heavy (non-hydrogen) atoms. The highest BCUT2D eigenvalue weighted by Crippen LogP contribution is 2.09. The number of hydrogen-bond acceptors (Lipinski definition) is 2. The van der Waals surface area contributed by atoms with Crippen LogP contribution in [0.25, 0.3) is 0 Å². The minimum Gasteiger partial charge on any atom is -0.446 e. The van der Waals surface area contributed by atoms with Gasteiger partial charge < -0.3 is 4.74 Å². The lowest BCUT2D eigenvalue weighted by Gasteiger charge is -2.06. The Labute approximate surface area is 54.4 Å². The third kappa shape index (κ3) is 1.34. The van der Waals surface area contributed by atoms with Crippen molar-refractivity contribution < 1.29 is 9.53 Å². The molecule has 1 rings (SSSR count). The summed E-state index contributed by atoms with van der Waals surface area (Å²) in [7, 11) is 0. The van der Waals surface area contributed by atoms with E-state index in [0.29, 0.717) is 12.5 Å².